The molecule has 2 aromatic heterocycles. The highest BCUT2D eigenvalue weighted by Gasteiger charge is 2.21. The van der Waals surface area contributed by atoms with Gasteiger partial charge in [-0.3, -0.25) is 19.9 Å². The van der Waals surface area contributed by atoms with Gasteiger partial charge in [0.05, 0.1) is 43.4 Å². The summed E-state index contributed by atoms with van der Waals surface area (Å²) >= 11 is 0. The lowest BCUT2D eigenvalue weighted by Gasteiger charge is -2.21. The molecular weight excluding hydrogens is 498 g/mol. The number of amidine groups is 1. The summed E-state index contributed by atoms with van der Waals surface area (Å²) in [5, 5.41) is 10.9. The number of amides is 1. The van der Waals surface area contributed by atoms with Crippen LogP contribution in [0.25, 0.3) is 11.0 Å². The van der Waals surface area contributed by atoms with Crippen LogP contribution in [0.15, 0.2) is 60.8 Å². The number of esters is 1. The highest BCUT2D eigenvalue weighted by Crippen LogP contribution is 2.27. The Morgan fingerprint density at radius 2 is 1.92 bits per heavy atom. The molecule has 4 rings (SSSR count). The van der Waals surface area contributed by atoms with Crippen LogP contribution in [0.5, 0.6) is 5.75 Å². The summed E-state index contributed by atoms with van der Waals surface area (Å²) in [6.07, 6.45) is 1.65. The van der Waals surface area contributed by atoms with Crippen molar-refractivity contribution in [2.75, 3.05) is 30.5 Å². The lowest BCUT2D eigenvalue weighted by Crippen LogP contribution is -2.34. The van der Waals surface area contributed by atoms with Gasteiger partial charge >= 0.3 is 5.97 Å². The molecule has 0 saturated carbocycles. The quantitative estimate of drug-likeness (QED) is 0.152. The first-order chi connectivity index (χ1) is 18.8. The number of pyridine rings is 1. The van der Waals surface area contributed by atoms with Gasteiger partial charge in [0.15, 0.2) is 0 Å². The maximum atomic E-state index is 13.6. The van der Waals surface area contributed by atoms with Gasteiger partial charge in [0.1, 0.15) is 23.2 Å². The number of hydrogen-bond donors (Lipinski definition) is 3. The molecule has 0 radical (unpaired) electrons. The van der Waals surface area contributed by atoms with Crippen molar-refractivity contribution in [1.29, 1.82) is 5.41 Å². The second-order valence-electron chi connectivity index (χ2n) is 8.67. The first kappa shape index (κ1) is 27.1. The van der Waals surface area contributed by atoms with Crippen LogP contribution in [-0.4, -0.2) is 52.5 Å². The molecule has 0 fully saturated rings. The number of fused-ring (bicyclic) bond motifs is 1. The van der Waals surface area contributed by atoms with Crippen LogP contribution in [0.2, 0.25) is 0 Å². The SMILES string of the molecule is CCOC(=O)CCN(C(=O)c1ccc2c(c1)nc(CNc1ccc(C(=N)N)cc1OC)n2C)c1ccccn1. The summed E-state index contributed by atoms with van der Waals surface area (Å²) in [6, 6.07) is 15.9. The number of benzene rings is 2. The lowest BCUT2D eigenvalue weighted by atomic mass is 10.1. The molecule has 0 unspecified atom stereocenters. The average Bonchev–Trinajstić information content (AvgIpc) is 3.26. The zero-order valence-corrected chi connectivity index (χ0v) is 22.1. The van der Waals surface area contributed by atoms with Gasteiger partial charge in [0, 0.05) is 30.9 Å². The number of carbonyl (C=O) groups is 2. The van der Waals surface area contributed by atoms with Gasteiger partial charge in [-0.25, -0.2) is 9.97 Å². The Morgan fingerprint density at radius 3 is 2.62 bits per heavy atom. The molecule has 39 heavy (non-hydrogen) atoms. The number of aryl methyl sites for hydroxylation is 1. The summed E-state index contributed by atoms with van der Waals surface area (Å²) in [5.41, 5.74) is 8.83. The molecule has 0 spiro atoms. The second-order valence-corrected chi connectivity index (χ2v) is 8.67. The predicted molar refractivity (Wildman–Crippen MR) is 149 cm³/mol. The molecule has 0 atom stereocenters. The van der Waals surface area contributed by atoms with E-state index in [1.807, 2.05) is 17.7 Å². The maximum Gasteiger partial charge on any atom is 0.307 e. The zero-order chi connectivity index (χ0) is 27.9. The summed E-state index contributed by atoms with van der Waals surface area (Å²) in [4.78, 5) is 36.1. The standard InChI is InChI=1S/C28H31N7O4/c1-4-39-26(36)12-14-35(24-7-5-6-13-31-24)28(37)19-9-11-22-21(15-19)33-25(34(22)2)17-32-20-10-8-18(27(29)30)16-23(20)38-3/h5-11,13,15-16,32H,4,12,14,17H2,1-3H3,(H3,29,30). The van der Waals surface area contributed by atoms with E-state index >= 15 is 0 Å². The van der Waals surface area contributed by atoms with Gasteiger partial charge in [0.2, 0.25) is 0 Å². The van der Waals surface area contributed by atoms with Crippen molar-refractivity contribution < 1.29 is 19.1 Å². The highest BCUT2D eigenvalue weighted by atomic mass is 16.5. The molecule has 4 aromatic rings. The van der Waals surface area contributed by atoms with Gasteiger partial charge in [-0.1, -0.05) is 6.07 Å². The number of imidazole rings is 1. The molecule has 2 aromatic carbocycles. The number of nitrogen functional groups attached to an aromatic ring is 1. The van der Waals surface area contributed by atoms with E-state index in [9.17, 15) is 9.59 Å². The Kier molecular flexibility index (Phi) is 8.40. The van der Waals surface area contributed by atoms with Crippen molar-refractivity contribution >= 4 is 40.3 Å². The van der Waals surface area contributed by atoms with Crippen LogP contribution in [0, 0.1) is 5.41 Å². The van der Waals surface area contributed by atoms with Gasteiger partial charge < -0.3 is 25.1 Å². The summed E-state index contributed by atoms with van der Waals surface area (Å²) in [5.74, 6) is 1.05. The van der Waals surface area contributed by atoms with Gasteiger partial charge in [-0.2, -0.15) is 0 Å². The van der Waals surface area contributed by atoms with E-state index in [4.69, 9.17) is 25.6 Å². The van der Waals surface area contributed by atoms with Gasteiger partial charge in [-0.15, -0.1) is 0 Å². The van der Waals surface area contributed by atoms with Crippen molar-refractivity contribution in [3.63, 3.8) is 0 Å². The number of aromatic nitrogens is 3. The van der Waals surface area contributed by atoms with Crippen molar-refractivity contribution in [2.24, 2.45) is 12.8 Å². The monoisotopic (exact) mass is 529 g/mol. The Balaban J connectivity index is 1.57. The molecular formula is C28H31N7O4. The molecule has 2 heterocycles. The number of nitrogens with two attached hydrogens (primary N) is 1. The first-order valence-corrected chi connectivity index (χ1v) is 12.4. The maximum absolute atomic E-state index is 13.6. The van der Waals surface area contributed by atoms with Crippen LogP contribution in [0.3, 0.4) is 0 Å². The Hall–Kier alpha value is -4.93. The molecule has 11 heteroatoms. The number of methoxy groups -OCH3 is 1. The number of rotatable bonds is 11. The van der Waals surface area contributed by atoms with Crippen molar-refractivity contribution in [1.82, 2.24) is 14.5 Å². The van der Waals surface area contributed by atoms with Crippen LogP contribution in [0.4, 0.5) is 11.5 Å². The van der Waals surface area contributed by atoms with Crippen molar-refractivity contribution in [3.05, 3.63) is 77.7 Å². The van der Waals surface area contributed by atoms with E-state index in [1.54, 1.807) is 68.8 Å². The van der Waals surface area contributed by atoms with E-state index in [-0.39, 0.29) is 37.3 Å². The minimum Gasteiger partial charge on any atom is -0.495 e. The molecule has 0 aliphatic heterocycles. The third kappa shape index (κ3) is 6.15. The average molecular weight is 530 g/mol. The number of anilines is 2. The molecule has 4 N–H and O–H groups in total. The van der Waals surface area contributed by atoms with Crippen LogP contribution in [0.1, 0.15) is 35.1 Å². The van der Waals surface area contributed by atoms with E-state index < -0.39 is 0 Å². The van der Waals surface area contributed by atoms with Crippen LogP contribution < -0.4 is 20.7 Å². The molecule has 202 valence electrons. The Morgan fingerprint density at radius 1 is 1.13 bits per heavy atom. The fraction of sp³-hybridized carbons (Fsp3) is 0.250. The summed E-state index contributed by atoms with van der Waals surface area (Å²) in [6.45, 7) is 2.55. The number of carbonyl (C=O) groups excluding carboxylic acids is 2. The molecule has 0 aliphatic rings. The van der Waals surface area contributed by atoms with Gasteiger partial charge in [-0.05, 0) is 55.5 Å². The van der Waals surface area contributed by atoms with E-state index in [1.165, 1.54) is 4.90 Å². The van der Waals surface area contributed by atoms with Gasteiger partial charge in [0.25, 0.3) is 5.91 Å². The highest BCUT2D eigenvalue weighted by molar-refractivity contribution is 6.07. The minimum atomic E-state index is -0.379. The molecule has 11 nitrogen and oxygen atoms in total. The predicted octanol–water partition coefficient (Wildman–Crippen LogP) is 3.47. The zero-order valence-electron chi connectivity index (χ0n) is 22.1. The topological polar surface area (TPSA) is 148 Å². The smallest absolute Gasteiger partial charge is 0.307 e. The third-order valence-electron chi connectivity index (χ3n) is 6.19. The Bertz CT molecular complexity index is 1500. The Labute approximate surface area is 226 Å². The normalized spacial score (nSPS) is 10.7. The summed E-state index contributed by atoms with van der Waals surface area (Å²) < 4.78 is 12.4. The van der Waals surface area contributed by atoms with Crippen LogP contribution >= 0.6 is 0 Å². The fourth-order valence-electron chi connectivity index (χ4n) is 4.15. The largest absolute Gasteiger partial charge is 0.495 e. The number of nitrogens with zero attached hydrogens (tertiary/aromatic N) is 4. The first-order valence-electron chi connectivity index (χ1n) is 12.4. The summed E-state index contributed by atoms with van der Waals surface area (Å²) in [7, 11) is 3.46. The number of nitrogens with one attached hydrogen (secondary N) is 2. The molecule has 0 saturated heterocycles. The molecule has 1 amide bonds. The van der Waals surface area contributed by atoms with E-state index in [2.05, 4.69) is 10.3 Å². The second kappa shape index (κ2) is 12.1. The van der Waals surface area contributed by atoms with Crippen molar-refractivity contribution in [2.45, 2.75) is 19.9 Å². The lowest BCUT2D eigenvalue weighted by molar-refractivity contribution is -0.142. The van der Waals surface area contributed by atoms with E-state index in [0.29, 0.717) is 34.8 Å². The third-order valence-corrected chi connectivity index (χ3v) is 6.19. The number of ether oxygens (including phenoxy) is 2. The van der Waals surface area contributed by atoms with Crippen LogP contribution in [-0.2, 0) is 23.1 Å². The number of hydrogen-bond acceptors (Lipinski definition) is 8. The van der Waals surface area contributed by atoms with Crippen molar-refractivity contribution in [3.8, 4) is 5.75 Å². The fourth-order valence-corrected chi connectivity index (χ4v) is 4.15. The van der Waals surface area contributed by atoms with E-state index in [0.717, 1.165) is 17.0 Å². The molecule has 0 aliphatic carbocycles. The molecule has 0 bridgehead atoms. The minimum absolute atomic E-state index is 0.0388.